The zero-order valence-electron chi connectivity index (χ0n) is 20.1. The van der Waals surface area contributed by atoms with Crippen LogP contribution in [0.2, 0.25) is 0 Å². The first-order valence-electron chi connectivity index (χ1n) is 11.7. The number of oxazole rings is 1. The minimum Gasteiger partial charge on any atom is -0.438 e. The van der Waals surface area contributed by atoms with Crippen molar-refractivity contribution in [2.45, 2.75) is 32.7 Å². The molecule has 0 spiro atoms. The average Bonchev–Trinajstić information content (AvgIpc) is 3.48. The number of fused-ring (bicyclic) bond motifs is 1. The Hall–Kier alpha value is -3.80. The van der Waals surface area contributed by atoms with Crippen LogP contribution in [-0.4, -0.2) is 36.6 Å². The van der Waals surface area contributed by atoms with Crippen LogP contribution < -0.4 is 10.2 Å². The Morgan fingerprint density at radius 2 is 1.76 bits per heavy atom. The summed E-state index contributed by atoms with van der Waals surface area (Å²) >= 11 is 0. The van der Waals surface area contributed by atoms with Crippen molar-refractivity contribution < 1.29 is 9.21 Å². The molecule has 5 rings (SSSR count). The second-order valence-corrected chi connectivity index (χ2v) is 9.26. The number of anilines is 2. The van der Waals surface area contributed by atoms with E-state index in [4.69, 9.17) is 9.40 Å². The van der Waals surface area contributed by atoms with Gasteiger partial charge in [-0.25, -0.2) is 9.78 Å². The van der Waals surface area contributed by atoms with Crippen LogP contribution in [0, 0.1) is 13.8 Å². The van der Waals surface area contributed by atoms with E-state index in [1.807, 2.05) is 50.2 Å². The van der Waals surface area contributed by atoms with E-state index in [0.717, 1.165) is 52.0 Å². The predicted octanol–water partition coefficient (Wildman–Crippen LogP) is 6.55. The van der Waals surface area contributed by atoms with Crippen molar-refractivity contribution in [2.24, 2.45) is 0 Å². The van der Waals surface area contributed by atoms with E-state index in [1.54, 1.807) is 0 Å². The topological polar surface area (TPSA) is 61.6 Å². The molecule has 6 heteroatoms. The molecule has 1 fully saturated rings. The highest BCUT2D eigenvalue weighted by Gasteiger charge is 2.33. The summed E-state index contributed by atoms with van der Waals surface area (Å²) in [6.07, 6.45) is 1.76. The molecule has 1 atom stereocenters. The summed E-state index contributed by atoms with van der Waals surface area (Å²) in [5, 5.41) is 3.04. The van der Waals surface area contributed by atoms with Gasteiger partial charge in [-0.05, 0) is 85.3 Å². The van der Waals surface area contributed by atoms with Gasteiger partial charge in [-0.1, -0.05) is 24.3 Å². The third kappa shape index (κ3) is 4.23. The van der Waals surface area contributed by atoms with Gasteiger partial charge in [-0.2, -0.15) is 0 Å². The number of aromatic nitrogens is 1. The summed E-state index contributed by atoms with van der Waals surface area (Å²) in [5.74, 6) is 0.600. The van der Waals surface area contributed by atoms with Crippen LogP contribution in [0.1, 0.15) is 35.9 Å². The van der Waals surface area contributed by atoms with E-state index in [1.165, 1.54) is 5.56 Å². The summed E-state index contributed by atoms with van der Waals surface area (Å²) in [4.78, 5) is 21.8. The molecule has 2 amide bonds. The van der Waals surface area contributed by atoms with Gasteiger partial charge in [-0.15, -0.1) is 0 Å². The summed E-state index contributed by atoms with van der Waals surface area (Å²) in [6, 6.07) is 20.2. The van der Waals surface area contributed by atoms with Crippen molar-refractivity contribution in [1.29, 1.82) is 0 Å². The van der Waals surface area contributed by atoms with Gasteiger partial charge in [0.25, 0.3) is 0 Å². The Bertz CT molecular complexity index is 1340. The lowest BCUT2D eigenvalue weighted by Crippen LogP contribution is -2.34. The monoisotopic (exact) mass is 454 g/mol. The van der Waals surface area contributed by atoms with Gasteiger partial charge in [-0.3, -0.25) is 0 Å². The normalized spacial score (nSPS) is 15.6. The molecular formula is C28H30N4O2. The molecule has 3 aromatic carbocycles. The number of nitrogens with zero attached hydrogens (tertiary/aromatic N) is 3. The van der Waals surface area contributed by atoms with Crippen molar-refractivity contribution >= 4 is 28.5 Å². The maximum absolute atomic E-state index is 13.1. The number of urea groups is 1. The van der Waals surface area contributed by atoms with Crippen molar-refractivity contribution in [3.8, 4) is 11.1 Å². The highest BCUT2D eigenvalue weighted by Crippen LogP contribution is 2.35. The predicted molar refractivity (Wildman–Crippen MR) is 137 cm³/mol. The minimum absolute atomic E-state index is 0.116. The van der Waals surface area contributed by atoms with Crippen molar-refractivity contribution in [3.63, 3.8) is 0 Å². The summed E-state index contributed by atoms with van der Waals surface area (Å²) in [6.45, 7) is 4.80. The molecule has 1 saturated heterocycles. The molecule has 1 aliphatic heterocycles. The third-order valence-corrected chi connectivity index (χ3v) is 6.68. The molecule has 174 valence electrons. The number of carbonyl (C=O) groups excluding carboxylic acids is 1. The first kappa shape index (κ1) is 22.0. The third-order valence-electron chi connectivity index (χ3n) is 6.68. The molecular weight excluding hydrogens is 424 g/mol. The smallest absolute Gasteiger partial charge is 0.322 e. The lowest BCUT2D eigenvalue weighted by molar-refractivity contribution is 0.199. The van der Waals surface area contributed by atoms with E-state index in [2.05, 4.69) is 53.5 Å². The number of hydrogen-bond donors (Lipinski definition) is 1. The van der Waals surface area contributed by atoms with Crippen molar-refractivity contribution in [3.05, 3.63) is 77.7 Å². The Kier molecular flexibility index (Phi) is 5.74. The van der Waals surface area contributed by atoms with Crippen LogP contribution in [0.25, 0.3) is 22.2 Å². The van der Waals surface area contributed by atoms with Gasteiger partial charge >= 0.3 is 6.03 Å². The fourth-order valence-electron chi connectivity index (χ4n) is 4.50. The summed E-state index contributed by atoms with van der Waals surface area (Å²) < 4.78 is 6.12. The molecule has 0 radical (unpaired) electrons. The number of rotatable bonds is 4. The Labute approximate surface area is 200 Å². The molecule has 34 heavy (non-hydrogen) atoms. The lowest BCUT2D eigenvalue weighted by Gasteiger charge is -2.22. The minimum atomic E-state index is -0.165. The second-order valence-electron chi connectivity index (χ2n) is 9.26. The van der Waals surface area contributed by atoms with E-state index in [-0.39, 0.29) is 12.1 Å². The molecule has 2 heterocycles. The summed E-state index contributed by atoms with van der Waals surface area (Å²) in [5.41, 5.74) is 8.10. The Balaban J connectivity index is 1.37. The largest absolute Gasteiger partial charge is 0.438 e. The van der Waals surface area contributed by atoms with Crippen LogP contribution in [-0.2, 0) is 0 Å². The molecule has 6 nitrogen and oxygen atoms in total. The maximum Gasteiger partial charge on any atom is 0.322 e. The quantitative estimate of drug-likeness (QED) is 0.380. The van der Waals surface area contributed by atoms with Gasteiger partial charge < -0.3 is 19.5 Å². The van der Waals surface area contributed by atoms with Crippen LogP contribution >= 0.6 is 0 Å². The van der Waals surface area contributed by atoms with Crippen LogP contribution in [0.15, 0.2) is 65.1 Å². The fourth-order valence-corrected chi connectivity index (χ4v) is 4.50. The molecule has 4 aromatic rings. The lowest BCUT2D eigenvalue weighted by atomic mass is 10.0. The van der Waals surface area contributed by atoms with Gasteiger partial charge in [0.15, 0.2) is 5.58 Å². The molecule has 1 N–H and O–H groups in total. The average molecular weight is 455 g/mol. The standard InChI is InChI=1S/C28H30N4O2/c1-18-7-11-22(16-19(18)2)29-28(33)32-15-5-6-25(32)27-30-24-17-21(10-14-26(24)34-27)20-8-12-23(13-9-20)31(3)4/h7-14,16-17,25H,5-6,15H2,1-4H3,(H,29,33). The van der Waals surface area contributed by atoms with Gasteiger partial charge in [0.05, 0.1) is 0 Å². The number of carbonyl (C=O) groups is 1. The molecule has 0 bridgehead atoms. The first-order valence-corrected chi connectivity index (χ1v) is 11.7. The van der Waals surface area contributed by atoms with Crippen LogP contribution in [0.3, 0.4) is 0 Å². The number of likely N-dealkylation sites (tertiary alicyclic amines) is 1. The van der Waals surface area contributed by atoms with E-state index in [9.17, 15) is 4.79 Å². The van der Waals surface area contributed by atoms with Crippen molar-refractivity contribution in [2.75, 3.05) is 30.9 Å². The van der Waals surface area contributed by atoms with Gasteiger partial charge in [0.1, 0.15) is 11.6 Å². The van der Waals surface area contributed by atoms with E-state index in [0.29, 0.717) is 12.4 Å². The van der Waals surface area contributed by atoms with Crippen molar-refractivity contribution in [1.82, 2.24) is 9.88 Å². The number of benzene rings is 3. The molecule has 1 aliphatic rings. The van der Waals surface area contributed by atoms with Crippen LogP contribution in [0.5, 0.6) is 0 Å². The zero-order chi connectivity index (χ0) is 23.8. The number of amides is 2. The Morgan fingerprint density at radius 3 is 2.50 bits per heavy atom. The Morgan fingerprint density at radius 1 is 1.00 bits per heavy atom. The first-order chi connectivity index (χ1) is 16.4. The highest BCUT2D eigenvalue weighted by molar-refractivity contribution is 5.90. The van der Waals surface area contributed by atoms with Gasteiger partial charge in [0.2, 0.25) is 5.89 Å². The van der Waals surface area contributed by atoms with Gasteiger partial charge in [0, 0.05) is 32.0 Å². The second kappa shape index (κ2) is 8.86. The fraction of sp³-hybridized carbons (Fsp3) is 0.286. The maximum atomic E-state index is 13.1. The number of hydrogen-bond acceptors (Lipinski definition) is 4. The molecule has 0 saturated carbocycles. The summed E-state index contributed by atoms with van der Waals surface area (Å²) in [7, 11) is 4.07. The van der Waals surface area contributed by atoms with E-state index >= 15 is 0 Å². The number of aryl methyl sites for hydroxylation is 2. The molecule has 1 unspecified atom stereocenters. The SMILES string of the molecule is Cc1ccc(NC(=O)N2CCCC2c2nc3cc(-c4ccc(N(C)C)cc4)ccc3o2)cc1C. The molecule has 0 aliphatic carbocycles. The zero-order valence-corrected chi connectivity index (χ0v) is 20.1. The van der Waals surface area contributed by atoms with E-state index < -0.39 is 0 Å². The molecule has 1 aromatic heterocycles. The van der Waals surface area contributed by atoms with Crippen LogP contribution in [0.4, 0.5) is 16.2 Å². The number of nitrogens with one attached hydrogen (secondary N) is 1. The highest BCUT2D eigenvalue weighted by atomic mass is 16.4.